The number of nitrogens with zero attached hydrogens (tertiary/aromatic N) is 3. The smallest absolute Gasteiger partial charge is 0.278 e. The van der Waals surface area contributed by atoms with E-state index in [9.17, 15) is 18.5 Å². The zero-order valence-corrected chi connectivity index (χ0v) is 14.3. The van der Waals surface area contributed by atoms with Gasteiger partial charge in [0.2, 0.25) is 10.0 Å². The molecule has 132 valence electrons. The summed E-state index contributed by atoms with van der Waals surface area (Å²) in [4.78, 5) is 14.9. The molecule has 4 rings (SSSR count). The summed E-state index contributed by atoms with van der Waals surface area (Å²) >= 11 is 0. The molecule has 2 aliphatic heterocycles. The lowest BCUT2D eigenvalue weighted by molar-refractivity contribution is -0.383. The average molecular weight is 362 g/mol. The Morgan fingerprint density at radius 3 is 2.80 bits per heavy atom. The monoisotopic (exact) mass is 362 g/mol. The predicted molar refractivity (Wildman–Crippen MR) is 91.7 cm³/mol. The van der Waals surface area contributed by atoms with E-state index in [2.05, 4.69) is 10.3 Å². The quantitative estimate of drug-likeness (QED) is 0.657. The topological polar surface area (TPSA) is 105 Å². The van der Waals surface area contributed by atoms with Crippen LogP contribution in [-0.2, 0) is 10.0 Å². The number of benzene rings is 1. The molecular weight excluding hydrogens is 344 g/mol. The van der Waals surface area contributed by atoms with Gasteiger partial charge in [-0.05, 0) is 37.5 Å². The van der Waals surface area contributed by atoms with Crippen LogP contribution < -0.4 is 5.32 Å². The summed E-state index contributed by atoms with van der Waals surface area (Å²) in [5, 5.41) is 14.9. The summed E-state index contributed by atoms with van der Waals surface area (Å²) in [5.74, 6) is 0. The Kier molecular flexibility index (Phi) is 3.94. The fourth-order valence-electron chi connectivity index (χ4n) is 3.77. The zero-order chi connectivity index (χ0) is 17.6. The molecule has 1 aromatic heterocycles. The highest BCUT2D eigenvalue weighted by molar-refractivity contribution is 7.89. The summed E-state index contributed by atoms with van der Waals surface area (Å²) in [6.45, 7) is 0.867. The van der Waals surface area contributed by atoms with Crippen molar-refractivity contribution in [1.82, 2.24) is 14.6 Å². The number of sulfonamides is 1. The Balaban J connectivity index is 1.81. The average Bonchev–Trinajstić information content (AvgIpc) is 2.91. The van der Waals surface area contributed by atoms with Crippen molar-refractivity contribution in [2.75, 3.05) is 13.1 Å². The molecular formula is C16H18N4O4S. The molecule has 8 nitrogen and oxygen atoms in total. The Morgan fingerprint density at radius 1 is 1.20 bits per heavy atom. The second-order valence-electron chi connectivity index (χ2n) is 6.53. The van der Waals surface area contributed by atoms with Gasteiger partial charge in [0.15, 0.2) is 0 Å². The van der Waals surface area contributed by atoms with Crippen molar-refractivity contribution in [1.29, 1.82) is 0 Å². The first-order valence-electron chi connectivity index (χ1n) is 8.25. The molecule has 2 aliphatic rings. The van der Waals surface area contributed by atoms with Gasteiger partial charge in [0.25, 0.3) is 5.69 Å². The van der Waals surface area contributed by atoms with Crippen molar-refractivity contribution in [2.24, 2.45) is 0 Å². The predicted octanol–water partition coefficient (Wildman–Crippen LogP) is 1.66. The highest BCUT2D eigenvalue weighted by Gasteiger charge is 2.36. The fourth-order valence-corrected chi connectivity index (χ4v) is 5.41. The minimum atomic E-state index is -3.77. The molecule has 2 unspecified atom stereocenters. The number of rotatable bonds is 3. The minimum Gasteiger partial charge on any atom is -0.310 e. The number of nitrogens with one attached hydrogen (secondary N) is 1. The van der Waals surface area contributed by atoms with Gasteiger partial charge in [0.1, 0.15) is 4.90 Å². The summed E-state index contributed by atoms with van der Waals surface area (Å²) in [5.41, 5.74) is 0.0118. The zero-order valence-electron chi connectivity index (χ0n) is 13.5. The number of aromatic nitrogens is 1. The van der Waals surface area contributed by atoms with E-state index in [-0.39, 0.29) is 27.5 Å². The van der Waals surface area contributed by atoms with E-state index in [4.69, 9.17) is 0 Å². The van der Waals surface area contributed by atoms with E-state index in [1.54, 1.807) is 6.07 Å². The van der Waals surface area contributed by atoms with Crippen molar-refractivity contribution in [3.8, 4) is 0 Å². The van der Waals surface area contributed by atoms with Crippen molar-refractivity contribution in [3.05, 3.63) is 40.6 Å². The lowest BCUT2D eigenvalue weighted by atomic mass is 10.1. The van der Waals surface area contributed by atoms with Crippen LogP contribution in [0.25, 0.3) is 10.9 Å². The molecule has 2 atom stereocenters. The number of nitro groups is 1. The SMILES string of the molecule is O=[N+]([O-])c1ccc(S(=O)(=O)N2CCC3CCC(C2)N3)c2ncccc12. The van der Waals surface area contributed by atoms with E-state index in [1.807, 2.05) is 0 Å². The fraction of sp³-hybridized carbons (Fsp3) is 0.438. The summed E-state index contributed by atoms with van der Waals surface area (Å²) in [6.07, 6.45) is 4.28. The van der Waals surface area contributed by atoms with Crippen LogP contribution >= 0.6 is 0 Å². The van der Waals surface area contributed by atoms with Gasteiger partial charge in [-0.1, -0.05) is 0 Å². The van der Waals surface area contributed by atoms with Gasteiger partial charge in [-0.25, -0.2) is 8.42 Å². The molecule has 0 amide bonds. The van der Waals surface area contributed by atoms with Crippen LogP contribution in [0.15, 0.2) is 35.4 Å². The first-order chi connectivity index (χ1) is 12.0. The minimum absolute atomic E-state index is 0.0338. The second-order valence-corrected chi connectivity index (χ2v) is 8.44. The number of pyridine rings is 1. The van der Waals surface area contributed by atoms with Crippen molar-refractivity contribution >= 4 is 26.6 Å². The van der Waals surface area contributed by atoms with Crippen LogP contribution in [-0.4, -0.2) is 47.8 Å². The van der Waals surface area contributed by atoms with Crippen LogP contribution in [0.5, 0.6) is 0 Å². The van der Waals surface area contributed by atoms with E-state index >= 15 is 0 Å². The molecule has 2 aromatic rings. The van der Waals surface area contributed by atoms with Gasteiger partial charge in [-0.3, -0.25) is 15.1 Å². The summed E-state index contributed by atoms with van der Waals surface area (Å²) in [6, 6.07) is 6.20. The molecule has 0 saturated carbocycles. The third kappa shape index (κ3) is 2.78. The Bertz CT molecular complexity index is 946. The van der Waals surface area contributed by atoms with Gasteiger partial charge in [0, 0.05) is 37.4 Å². The third-order valence-electron chi connectivity index (χ3n) is 5.01. The maximum atomic E-state index is 13.2. The maximum absolute atomic E-state index is 13.2. The van der Waals surface area contributed by atoms with Gasteiger partial charge in [-0.2, -0.15) is 4.31 Å². The van der Waals surface area contributed by atoms with Crippen LogP contribution in [0, 0.1) is 10.1 Å². The van der Waals surface area contributed by atoms with E-state index in [0.29, 0.717) is 19.1 Å². The van der Waals surface area contributed by atoms with Crippen LogP contribution in [0.2, 0.25) is 0 Å². The molecule has 2 bridgehead atoms. The molecule has 2 fully saturated rings. The number of nitro benzene ring substituents is 1. The van der Waals surface area contributed by atoms with Crippen LogP contribution in [0.3, 0.4) is 0 Å². The van der Waals surface area contributed by atoms with Crippen molar-refractivity contribution in [2.45, 2.75) is 36.2 Å². The first-order valence-corrected chi connectivity index (χ1v) is 9.69. The highest BCUT2D eigenvalue weighted by atomic mass is 32.2. The summed E-state index contributed by atoms with van der Waals surface area (Å²) in [7, 11) is -3.77. The lowest BCUT2D eigenvalue weighted by Gasteiger charge is -2.24. The van der Waals surface area contributed by atoms with Gasteiger partial charge in [0.05, 0.1) is 15.8 Å². The van der Waals surface area contributed by atoms with Crippen molar-refractivity contribution < 1.29 is 13.3 Å². The molecule has 0 radical (unpaired) electrons. The van der Waals surface area contributed by atoms with Gasteiger partial charge in [-0.15, -0.1) is 0 Å². The number of non-ortho nitro benzene ring substituents is 1. The highest BCUT2D eigenvalue weighted by Crippen LogP contribution is 2.32. The van der Waals surface area contributed by atoms with Crippen LogP contribution in [0.1, 0.15) is 19.3 Å². The molecule has 0 spiro atoms. The number of fused-ring (bicyclic) bond motifs is 3. The number of hydrogen-bond donors (Lipinski definition) is 1. The molecule has 25 heavy (non-hydrogen) atoms. The standard InChI is InChI=1S/C16H18N4O4S/c21-20(22)14-5-6-15(16-13(14)2-1-8-17-16)25(23,24)19-9-7-11-3-4-12(10-19)18-11/h1-2,5-6,8,11-12,18H,3-4,7,9-10H2. The van der Waals surface area contributed by atoms with Gasteiger partial charge >= 0.3 is 0 Å². The van der Waals surface area contributed by atoms with Gasteiger partial charge < -0.3 is 5.32 Å². The normalized spacial score (nSPS) is 24.3. The molecule has 2 saturated heterocycles. The van der Waals surface area contributed by atoms with E-state index < -0.39 is 14.9 Å². The second kappa shape index (κ2) is 6.01. The summed E-state index contributed by atoms with van der Waals surface area (Å²) < 4.78 is 27.9. The Hall–Kier alpha value is -2.10. The number of hydrogen-bond acceptors (Lipinski definition) is 6. The molecule has 0 aliphatic carbocycles. The van der Waals surface area contributed by atoms with E-state index in [1.165, 1.54) is 28.7 Å². The van der Waals surface area contributed by atoms with Crippen LogP contribution in [0.4, 0.5) is 5.69 Å². The largest absolute Gasteiger partial charge is 0.310 e. The lowest BCUT2D eigenvalue weighted by Crippen LogP contribution is -2.39. The van der Waals surface area contributed by atoms with Crippen molar-refractivity contribution in [3.63, 3.8) is 0 Å². The molecule has 1 aromatic carbocycles. The Morgan fingerprint density at radius 2 is 2.00 bits per heavy atom. The molecule has 3 heterocycles. The molecule has 1 N–H and O–H groups in total. The molecule has 9 heteroatoms. The first kappa shape index (κ1) is 16.4. The van der Waals surface area contributed by atoms with E-state index in [0.717, 1.165) is 19.3 Å². The Labute approximate surface area is 145 Å². The maximum Gasteiger partial charge on any atom is 0.278 e. The third-order valence-corrected chi connectivity index (χ3v) is 6.91.